The van der Waals surface area contributed by atoms with E-state index < -0.39 is 0 Å². The zero-order valence-electron chi connectivity index (χ0n) is 2.68. The molecule has 0 spiro atoms. The average molecular weight is 214 g/mol. The van der Waals surface area contributed by atoms with E-state index in [2.05, 4.69) is 18.7 Å². The van der Waals surface area contributed by atoms with Crippen LogP contribution in [0.3, 0.4) is 0 Å². The molecule has 1 radical (unpaired) electrons. The van der Waals surface area contributed by atoms with Crippen molar-refractivity contribution in [3.05, 3.63) is 0 Å². The topological polar surface area (TPSA) is 0 Å². The normalized spacial score (nSPS) is 24.0. The van der Waals surface area contributed by atoms with Gasteiger partial charge in [-0.15, -0.1) is 0 Å². The first-order valence-electron chi connectivity index (χ1n) is 1.45. The minimum absolute atomic E-state index is 0.346. The molecule has 0 saturated carbocycles. The Morgan fingerprint density at radius 2 is 2.60 bits per heavy atom. The van der Waals surface area contributed by atoms with Crippen molar-refractivity contribution in [1.29, 1.82) is 0 Å². The first-order chi connectivity index (χ1) is 2.50. The summed E-state index contributed by atoms with van der Waals surface area (Å²) in [5.74, 6) is 1.45. The summed E-state index contributed by atoms with van der Waals surface area (Å²) in [5.41, 5.74) is 0. The fraction of sp³-hybridized carbons (Fsp3) is 1.00. The van der Waals surface area contributed by atoms with Gasteiger partial charge in [-0.25, -0.2) is 0 Å². The van der Waals surface area contributed by atoms with Crippen LogP contribution in [0.4, 0.5) is 0 Å². The van der Waals surface area contributed by atoms with Crippen LogP contribution in [0.25, 0.3) is 0 Å². The van der Waals surface area contributed by atoms with E-state index in [1.165, 1.54) is 5.75 Å². The van der Waals surface area contributed by atoms with Crippen molar-refractivity contribution in [2.45, 2.75) is 4.37 Å². The Bertz CT molecular complexity index is 19.2. The van der Waals surface area contributed by atoms with Crippen LogP contribution in [0, 0.1) is 0 Å². The van der Waals surface area contributed by atoms with Gasteiger partial charge in [0.15, 0.2) is 0 Å². The van der Waals surface area contributed by atoms with E-state index in [1.54, 1.807) is 4.37 Å². The summed E-state index contributed by atoms with van der Waals surface area (Å²) in [4.78, 5) is 0. The van der Waals surface area contributed by atoms with Crippen LogP contribution in [0.1, 0.15) is 0 Å². The third kappa shape index (κ3) is 1.61. The Labute approximate surface area is 48.8 Å². The van der Waals surface area contributed by atoms with Crippen molar-refractivity contribution in [3.8, 4) is 0 Å². The monoisotopic (exact) mass is 213 g/mol. The number of rotatable bonds is 0. The quantitative estimate of drug-likeness (QED) is 0.441. The molecule has 3 heteroatoms. The van der Waals surface area contributed by atoms with Crippen LogP contribution in [0.2, 0.25) is 4.37 Å². The van der Waals surface area contributed by atoms with Crippen molar-refractivity contribution < 1.29 is 0 Å². The van der Waals surface area contributed by atoms with Gasteiger partial charge in [-0.2, -0.15) is 0 Å². The fourth-order valence-electron chi connectivity index (χ4n) is 0.186. The van der Waals surface area contributed by atoms with Crippen LogP contribution in [0.15, 0.2) is 0 Å². The zero-order chi connectivity index (χ0) is 3.54. The molecule has 0 nitrogen and oxygen atoms in total. The summed E-state index contributed by atoms with van der Waals surface area (Å²) in [7, 11) is 4.20. The summed E-state index contributed by atoms with van der Waals surface area (Å²) in [5, 5.41) is 0. The Kier molecular flexibility index (Phi) is 2.48. The van der Waals surface area contributed by atoms with E-state index in [0.29, 0.717) is 20.2 Å². The molecule has 0 bridgehead atoms. The van der Waals surface area contributed by atoms with E-state index in [1.807, 2.05) is 0 Å². The molecule has 0 atom stereocenters. The molecule has 0 aromatic carbocycles. The molecule has 0 N–H and O–H groups in total. The van der Waals surface area contributed by atoms with E-state index in [9.17, 15) is 0 Å². The maximum atomic E-state index is 2.14. The zero-order valence-corrected chi connectivity index (χ0v) is 6.86. The molecule has 0 aliphatic carbocycles. The molecule has 1 aliphatic heterocycles. The van der Waals surface area contributed by atoms with Gasteiger partial charge in [-0.1, -0.05) is 0 Å². The molecule has 1 saturated heterocycles. The van der Waals surface area contributed by atoms with E-state index in [4.69, 9.17) is 0 Å². The van der Waals surface area contributed by atoms with Crippen LogP contribution < -0.4 is 0 Å². The predicted octanol–water partition coefficient (Wildman–Crippen LogP) is 1.42. The van der Waals surface area contributed by atoms with Crippen LogP contribution in [-0.4, -0.2) is 26.0 Å². The van der Waals surface area contributed by atoms with Gasteiger partial charge in [0.1, 0.15) is 0 Å². The third-order valence-electron chi connectivity index (χ3n) is 0.371. The molecule has 1 aliphatic rings. The second kappa shape index (κ2) is 2.65. The molecule has 1 fully saturated rings. The molecule has 1 heterocycles. The van der Waals surface area contributed by atoms with Crippen LogP contribution in [0.5, 0.6) is 0 Å². The van der Waals surface area contributed by atoms with Crippen LogP contribution >= 0.6 is 18.7 Å². The van der Waals surface area contributed by atoms with Gasteiger partial charge in [0, 0.05) is 0 Å². The van der Waals surface area contributed by atoms with Crippen molar-refractivity contribution in [2.75, 3.05) is 5.75 Å². The first-order valence-corrected chi connectivity index (χ1v) is 8.66. The Morgan fingerprint density at radius 3 is 2.80 bits per heavy atom. The fourth-order valence-corrected chi connectivity index (χ4v) is 11.2. The van der Waals surface area contributed by atoms with E-state index in [-0.39, 0.29) is 0 Å². The summed E-state index contributed by atoms with van der Waals surface area (Å²) in [6, 6.07) is 0. The summed E-state index contributed by atoms with van der Waals surface area (Å²) >= 11 is 0.346. The molecular weight excluding hydrogens is 210 g/mol. The van der Waals surface area contributed by atoms with Crippen LogP contribution in [-0.2, 0) is 0 Å². The Balaban J connectivity index is 2.08. The molecule has 0 amide bonds. The molecule has 29 valence electrons. The SMILES string of the molecule is C1[CH2][Sb][S]S1. The van der Waals surface area contributed by atoms with Gasteiger partial charge in [-0.3, -0.25) is 0 Å². The molecule has 0 unspecified atom stereocenters. The van der Waals surface area contributed by atoms with Gasteiger partial charge in [0.05, 0.1) is 0 Å². The number of hydrogen-bond acceptors (Lipinski definition) is 2. The average Bonchev–Trinajstić information content (AvgIpc) is 1.76. The van der Waals surface area contributed by atoms with Gasteiger partial charge in [0.25, 0.3) is 0 Å². The van der Waals surface area contributed by atoms with Crippen molar-refractivity contribution >= 4 is 38.9 Å². The Morgan fingerprint density at radius 1 is 1.60 bits per heavy atom. The molecule has 0 aromatic rings. The van der Waals surface area contributed by atoms with Gasteiger partial charge < -0.3 is 0 Å². The van der Waals surface area contributed by atoms with Crippen molar-refractivity contribution in [3.63, 3.8) is 0 Å². The Hall–Kier alpha value is 1.52. The second-order valence-electron chi connectivity index (χ2n) is 0.749. The molecular formula is C2H4S2Sb. The first kappa shape index (κ1) is 4.67. The molecule has 0 aromatic heterocycles. The summed E-state index contributed by atoms with van der Waals surface area (Å²) in [6.07, 6.45) is 0. The van der Waals surface area contributed by atoms with Crippen molar-refractivity contribution in [2.24, 2.45) is 0 Å². The molecule has 1 rings (SSSR count). The standard InChI is InChI=1S/C2H5S2.Sb/c1-2-4-3;/h3H,1-2H2;/q;+1/p-1. The third-order valence-corrected chi connectivity index (χ3v) is 10.8. The summed E-state index contributed by atoms with van der Waals surface area (Å²) < 4.78 is 1.58. The van der Waals surface area contributed by atoms with Gasteiger partial charge >= 0.3 is 49.0 Å². The minimum atomic E-state index is 0.346. The predicted molar refractivity (Wildman–Crippen MR) is 30.6 cm³/mol. The van der Waals surface area contributed by atoms with E-state index in [0.717, 1.165) is 0 Å². The van der Waals surface area contributed by atoms with Crippen molar-refractivity contribution in [1.82, 2.24) is 0 Å². The van der Waals surface area contributed by atoms with E-state index >= 15 is 0 Å². The molecule has 5 heavy (non-hydrogen) atoms. The number of hydrogen-bond donors (Lipinski definition) is 0. The second-order valence-corrected chi connectivity index (χ2v) is 10.3. The maximum absolute atomic E-state index is 2.14. The van der Waals surface area contributed by atoms with Gasteiger partial charge in [0.2, 0.25) is 0 Å². The van der Waals surface area contributed by atoms with Gasteiger partial charge in [-0.05, 0) is 0 Å². The summed E-state index contributed by atoms with van der Waals surface area (Å²) in [6.45, 7) is 0.